The van der Waals surface area contributed by atoms with Crippen molar-refractivity contribution < 1.29 is 4.74 Å². The van der Waals surface area contributed by atoms with Crippen LogP contribution in [0.15, 0.2) is 12.1 Å². The van der Waals surface area contributed by atoms with Crippen LogP contribution in [-0.4, -0.2) is 27.7 Å². The minimum absolute atomic E-state index is 0.607. The van der Waals surface area contributed by atoms with Gasteiger partial charge in [0.2, 0.25) is 0 Å². The fraction of sp³-hybridized carbons (Fsp3) is 0.500. The van der Waals surface area contributed by atoms with Crippen molar-refractivity contribution in [2.45, 2.75) is 19.4 Å². The summed E-state index contributed by atoms with van der Waals surface area (Å²) in [6.07, 6.45) is 1.91. The third-order valence-corrected chi connectivity index (χ3v) is 2.86. The predicted molar refractivity (Wildman–Crippen MR) is 79.3 cm³/mol. The summed E-state index contributed by atoms with van der Waals surface area (Å²) in [6, 6.07) is 4.17. The van der Waals surface area contributed by atoms with E-state index in [9.17, 15) is 0 Å². The molecule has 0 bridgehead atoms. The highest BCUT2D eigenvalue weighted by atomic mass is 16.5. The third kappa shape index (κ3) is 3.81. The van der Waals surface area contributed by atoms with E-state index < -0.39 is 0 Å². The van der Waals surface area contributed by atoms with Crippen molar-refractivity contribution in [1.29, 1.82) is 0 Å². The van der Waals surface area contributed by atoms with Crippen LogP contribution in [0.4, 0.5) is 17.1 Å². The highest BCUT2D eigenvalue weighted by molar-refractivity contribution is 5.72. The largest absolute Gasteiger partial charge is 0.388 e. The number of ether oxygens (including phenoxy) is 1. The molecule has 0 amide bonds. The summed E-state index contributed by atoms with van der Waals surface area (Å²) in [5, 5.41) is 9.58. The minimum Gasteiger partial charge on any atom is -0.388 e. The smallest absolute Gasteiger partial charge is 0.0757 e. The van der Waals surface area contributed by atoms with Crippen LogP contribution < -0.4 is 16.0 Å². The summed E-state index contributed by atoms with van der Waals surface area (Å²) in [4.78, 5) is 0. The molecule has 0 aliphatic rings. The summed E-state index contributed by atoms with van der Waals surface area (Å²) < 4.78 is 5.68. The topological polar surface area (TPSA) is 45.3 Å². The first-order chi connectivity index (χ1) is 8.76. The molecular formula is C14H24N3O. The highest BCUT2D eigenvalue weighted by Crippen LogP contribution is 2.29. The van der Waals surface area contributed by atoms with Gasteiger partial charge in [-0.2, -0.15) is 0 Å². The molecule has 0 aliphatic heterocycles. The summed E-state index contributed by atoms with van der Waals surface area (Å²) >= 11 is 0. The molecule has 0 unspecified atom stereocenters. The number of anilines is 3. The zero-order valence-electron chi connectivity index (χ0n) is 11.6. The molecule has 0 fully saturated rings. The molecule has 1 rings (SSSR count). The molecule has 0 atom stereocenters. The molecule has 18 heavy (non-hydrogen) atoms. The van der Waals surface area contributed by atoms with Crippen LogP contribution in [0.3, 0.4) is 0 Å². The second-order valence-corrected chi connectivity index (χ2v) is 4.06. The van der Waals surface area contributed by atoms with Crippen LogP contribution in [0.2, 0.25) is 0 Å². The molecule has 0 saturated carbocycles. The molecule has 0 spiro atoms. The molecule has 0 saturated heterocycles. The van der Waals surface area contributed by atoms with Crippen molar-refractivity contribution in [3.05, 3.63) is 24.6 Å². The Kier molecular flexibility index (Phi) is 6.36. The van der Waals surface area contributed by atoms with Gasteiger partial charge < -0.3 is 20.7 Å². The van der Waals surface area contributed by atoms with Gasteiger partial charge in [0.1, 0.15) is 0 Å². The summed E-state index contributed by atoms with van der Waals surface area (Å²) in [5.41, 5.74) is 4.40. The number of hydrogen-bond donors (Lipinski definition) is 3. The van der Waals surface area contributed by atoms with E-state index in [0.717, 1.165) is 42.1 Å². The van der Waals surface area contributed by atoms with Gasteiger partial charge >= 0.3 is 0 Å². The van der Waals surface area contributed by atoms with Crippen molar-refractivity contribution in [2.24, 2.45) is 0 Å². The molecule has 101 valence electrons. The lowest BCUT2D eigenvalue weighted by Gasteiger charge is -2.17. The maximum absolute atomic E-state index is 5.68. The molecule has 1 aromatic carbocycles. The van der Waals surface area contributed by atoms with E-state index in [1.165, 1.54) is 0 Å². The Labute approximate surface area is 110 Å². The van der Waals surface area contributed by atoms with Crippen LogP contribution in [0.1, 0.15) is 18.4 Å². The van der Waals surface area contributed by atoms with Crippen LogP contribution >= 0.6 is 0 Å². The summed E-state index contributed by atoms with van der Waals surface area (Å²) in [7, 11) is 5.76. The molecule has 1 radical (unpaired) electrons. The Bertz CT molecular complexity index is 341. The SMILES string of the molecule is [CH2]CCCOCc1c(NC)cc(NC)cc1NC. The minimum atomic E-state index is 0.607. The molecular weight excluding hydrogens is 226 g/mol. The maximum Gasteiger partial charge on any atom is 0.0757 e. The van der Waals surface area contributed by atoms with Crippen molar-refractivity contribution in [1.82, 2.24) is 0 Å². The average molecular weight is 250 g/mol. The number of rotatable bonds is 8. The van der Waals surface area contributed by atoms with Gasteiger partial charge in [0.05, 0.1) is 6.61 Å². The standard InChI is InChI=1S/C14H24N3O/c1-5-6-7-18-10-12-13(16-3)8-11(15-2)9-14(12)17-4/h8-9,15-17H,1,5-7,10H2,2-4H3. The second-order valence-electron chi connectivity index (χ2n) is 4.06. The molecule has 4 heteroatoms. The van der Waals surface area contributed by atoms with E-state index in [2.05, 4.69) is 35.0 Å². The Morgan fingerprint density at radius 2 is 1.67 bits per heavy atom. The second kappa shape index (κ2) is 7.82. The highest BCUT2D eigenvalue weighted by Gasteiger charge is 2.09. The zero-order valence-corrected chi connectivity index (χ0v) is 11.6. The zero-order chi connectivity index (χ0) is 13.4. The van der Waals surface area contributed by atoms with Crippen LogP contribution in [-0.2, 0) is 11.3 Å². The van der Waals surface area contributed by atoms with Gasteiger partial charge in [0.25, 0.3) is 0 Å². The lowest BCUT2D eigenvalue weighted by molar-refractivity contribution is 0.120. The van der Waals surface area contributed by atoms with Crippen molar-refractivity contribution >= 4 is 17.1 Å². The van der Waals surface area contributed by atoms with Crippen LogP contribution in [0.25, 0.3) is 0 Å². The Morgan fingerprint density at radius 1 is 1.06 bits per heavy atom. The molecule has 3 N–H and O–H groups in total. The van der Waals surface area contributed by atoms with E-state index in [4.69, 9.17) is 4.74 Å². The number of unbranched alkanes of at least 4 members (excludes halogenated alkanes) is 1. The van der Waals surface area contributed by atoms with Crippen molar-refractivity contribution in [2.75, 3.05) is 43.7 Å². The average Bonchev–Trinajstić information content (AvgIpc) is 2.42. The predicted octanol–water partition coefficient (Wildman–Crippen LogP) is 2.94. The first-order valence-corrected chi connectivity index (χ1v) is 6.34. The monoisotopic (exact) mass is 250 g/mol. The number of benzene rings is 1. The van der Waals surface area contributed by atoms with E-state index in [0.29, 0.717) is 6.61 Å². The Balaban J connectivity index is 2.85. The molecule has 4 nitrogen and oxygen atoms in total. The van der Waals surface area contributed by atoms with Gasteiger partial charge in [-0.1, -0.05) is 13.3 Å². The number of hydrogen-bond acceptors (Lipinski definition) is 4. The molecule has 0 aromatic heterocycles. The summed E-state index contributed by atoms with van der Waals surface area (Å²) in [6.45, 7) is 5.17. The normalized spacial score (nSPS) is 10.2. The lowest BCUT2D eigenvalue weighted by Crippen LogP contribution is -2.05. The van der Waals surface area contributed by atoms with Gasteiger partial charge in [0, 0.05) is 50.4 Å². The first-order valence-electron chi connectivity index (χ1n) is 6.34. The van der Waals surface area contributed by atoms with E-state index >= 15 is 0 Å². The first kappa shape index (κ1) is 14.6. The van der Waals surface area contributed by atoms with E-state index in [1.54, 1.807) is 0 Å². The van der Waals surface area contributed by atoms with Gasteiger partial charge in [-0.05, 0) is 18.6 Å². The van der Waals surface area contributed by atoms with Gasteiger partial charge in [-0.3, -0.25) is 0 Å². The lowest BCUT2D eigenvalue weighted by atomic mass is 10.1. The Morgan fingerprint density at radius 3 is 2.11 bits per heavy atom. The van der Waals surface area contributed by atoms with E-state index in [-0.39, 0.29) is 0 Å². The van der Waals surface area contributed by atoms with Gasteiger partial charge in [-0.15, -0.1) is 0 Å². The fourth-order valence-electron chi connectivity index (χ4n) is 1.80. The molecule has 0 aliphatic carbocycles. The van der Waals surface area contributed by atoms with Crippen LogP contribution in [0, 0.1) is 6.92 Å². The van der Waals surface area contributed by atoms with Gasteiger partial charge in [0.15, 0.2) is 0 Å². The Hall–Kier alpha value is -1.42. The third-order valence-electron chi connectivity index (χ3n) is 2.86. The molecule has 0 heterocycles. The van der Waals surface area contributed by atoms with Crippen molar-refractivity contribution in [3.8, 4) is 0 Å². The fourth-order valence-corrected chi connectivity index (χ4v) is 1.80. The van der Waals surface area contributed by atoms with Gasteiger partial charge in [-0.25, -0.2) is 0 Å². The maximum atomic E-state index is 5.68. The summed E-state index contributed by atoms with van der Waals surface area (Å²) in [5.74, 6) is 0. The van der Waals surface area contributed by atoms with E-state index in [1.807, 2.05) is 21.1 Å². The van der Waals surface area contributed by atoms with Crippen LogP contribution in [0.5, 0.6) is 0 Å². The van der Waals surface area contributed by atoms with Crippen molar-refractivity contribution in [3.63, 3.8) is 0 Å². The number of nitrogens with one attached hydrogen (secondary N) is 3. The quantitative estimate of drug-likeness (QED) is 0.621. The molecule has 1 aromatic rings.